The molecule has 2 aromatic heterocycles. The van der Waals surface area contributed by atoms with Gasteiger partial charge in [0.1, 0.15) is 5.69 Å². The Balaban J connectivity index is 0.00000144. The number of piperidine rings is 1. The van der Waals surface area contributed by atoms with Crippen LogP contribution in [0, 0.1) is 0 Å². The van der Waals surface area contributed by atoms with Gasteiger partial charge in [-0.15, -0.1) is 29.9 Å². The molecule has 0 unspecified atom stereocenters. The first-order chi connectivity index (χ1) is 10.6. The maximum atomic E-state index is 12.2. The molecular weight excluding hydrogens is 423 g/mol. The van der Waals surface area contributed by atoms with Gasteiger partial charge in [0.2, 0.25) is 0 Å². The Labute approximate surface area is 158 Å². The molecular formula is C13H17BrCl2N6O2. The van der Waals surface area contributed by atoms with Gasteiger partial charge in [0, 0.05) is 10.7 Å². The van der Waals surface area contributed by atoms with Crippen LogP contribution in [-0.2, 0) is 0 Å². The van der Waals surface area contributed by atoms with E-state index in [4.69, 9.17) is 0 Å². The molecule has 1 aliphatic heterocycles. The minimum atomic E-state index is -0.455. The van der Waals surface area contributed by atoms with Crippen molar-refractivity contribution in [2.45, 2.75) is 18.9 Å². The number of hydrogen-bond acceptors (Lipinski definition) is 5. The second kappa shape index (κ2) is 9.16. The molecule has 11 heteroatoms. The SMILES string of the molecule is Cl.Cl.O=C(Nc1cc(Br)c[nH]c1=O)c1cn(C2CCNCC2)nn1. The highest BCUT2D eigenvalue weighted by Crippen LogP contribution is 2.17. The molecule has 1 fully saturated rings. The molecule has 24 heavy (non-hydrogen) atoms. The van der Waals surface area contributed by atoms with Gasteiger partial charge < -0.3 is 15.6 Å². The summed E-state index contributed by atoms with van der Waals surface area (Å²) in [4.78, 5) is 26.3. The van der Waals surface area contributed by atoms with Crippen LogP contribution in [0.2, 0.25) is 0 Å². The van der Waals surface area contributed by atoms with Gasteiger partial charge in [0.05, 0.1) is 12.2 Å². The lowest BCUT2D eigenvalue weighted by atomic mass is 10.1. The summed E-state index contributed by atoms with van der Waals surface area (Å²) >= 11 is 3.24. The Morgan fingerprint density at radius 3 is 2.75 bits per heavy atom. The van der Waals surface area contributed by atoms with E-state index in [1.807, 2.05) is 0 Å². The third-order valence-electron chi connectivity index (χ3n) is 3.54. The zero-order valence-corrected chi connectivity index (χ0v) is 15.7. The summed E-state index contributed by atoms with van der Waals surface area (Å²) in [5.41, 5.74) is -0.0176. The Hall–Kier alpha value is -1.42. The third kappa shape index (κ3) is 4.79. The molecule has 8 nitrogen and oxygen atoms in total. The summed E-state index contributed by atoms with van der Waals surface area (Å²) in [6.07, 6.45) is 5.04. The van der Waals surface area contributed by atoms with Crippen molar-refractivity contribution in [1.29, 1.82) is 0 Å². The fraction of sp³-hybridized carbons (Fsp3) is 0.385. The maximum Gasteiger partial charge on any atom is 0.277 e. The number of H-pyrrole nitrogens is 1. The normalized spacial score (nSPS) is 14.4. The molecule has 0 radical (unpaired) electrons. The number of amides is 1. The lowest BCUT2D eigenvalue weighted by Gasteiger charge is -2.22. The van der Waals surface area contributed by atoms with E-state index in [1.165, 1.54) is 12.3 Å². The van der Waals surface area contributed by atoms with Crippen LogP contribution in [0.25, 0.3) is 0 Å². The smallest absolute Gasteiger partial charge is 0.277 e. The number of aromatic amines is 1. The van der Waals surface area contributed by atoms with Crippen LogP contribution >= 0.6 is 40.7 Å². The van der Waals surface area contributed by atoms with Crippen molar-refractivity contribution in [1.82, 2.24) is 25.3 Å². The molecule has 3 rings (SSSR count). The van der Waals surface area contributed by atoms with Crippen LogP contribution in [-0.4, -0.2) is 39.0 Å². The summed E-state index contributed by atoms with van der Waals surface area (Å²) in [7, 11) is 0. The van der Waals surface area contributed by atoms with Gasteiger partial charge >= 0.3 is 0 Å². The van der Waals surface area contributed by atoms with Gasteiger partial charge in [-0.1, -0.05) is 5.21 Å². The summed E-state index contributed by atoms with van der Waals surface area (Å²) in [6, 6.07) is 1.79. The first-order valence-corrected chi connectivity index (χ1v) is 7.75. The summed E-state index contributed by atoms with van der Waals surface area (Å²) < 4.78 is 2.39. The number of nitrogens with zero attached hydrogens (tertiary/aromatic N) is 3. The van der Waals surface area contributed by atoms with Crippen molar-refractivity contribution in [3.05, 3.63) is 39.0 Å². The van der Waals surface area contributed by atoms with Crippen molar-refractivity contribution in [3.63, 3.8) is 0 Å². The van der Waals surface area contributed by atoms with E-state index in [2.05, 4.69) is 41.9 Å². The first-order valence-electron chi connectivity index (χ1n) is 6.95. The van der Waals surface area contributed by atoms with E-state index in [9.17, 15) is 9.59 Å². The highest BCUT2D eigenvalue weighted by Gasteiger charge is 2.19. The second-order valence-corrected chi connectivity index (χ2v) is 6.00. The van der Waals surface area contributed by atoms with E-state index >= 15 is 0 Å². The molecule has 3 heterocycles. The molecule has 3 N–H and O–H groups in total. The van der Waals surface area contributed by atoms with Crippen LogP contribution < -0.4 is 16.2 Å². The molecule has 1 amide bonds. The lowest BCUT2D eigenvalue weighted by molar-refractivity contribution is 0.102. The summed E-state index contributed by atoms with van der Waals surface area (Å²) in [5.74, 6) is -0.455. The molecule has 132 valence electrons. The van der Waals surface area contributed by atoms with Crippen LogP contribution in [0.5, 0.6) is 0 Å². The fourth-order valence-corrected chi connectivity index (χ4v) is 2.71. The lowest BCUT2D eigenvalue weighted by Crippen LogP contribution is -2.29. The molecule has 0 atom stereocenters. The Kier molecular flexibility index (Phi) is 7.88. The monoisotopic (exact) mass is 438 g/mol. The van der Waals surface area contributed by atoms with Gasteiger partial charge in [-0.2, -0.15) is 0 Å². The van der Waals surface area contributed by atoms with E-state index in [0.29, 0.717) is 4.47 Å². The average molecular weight is 440 g/mol. The highest BCUT2D eigenvalue weighted by atomic mass is 79.9. The Bertz CT molecular complexity index is 744. The van der Waals surface area contributed by atoms with E-state index in [-0.39, 0.29) is 47.8 Å². The van der Waals surface area contributed by atoms with Crippen LogP contribution in [0.3, 0.4) is 0 Å². The fourth-order valence-electron chi connectivity index (χ4n) is 2.37. The quantitative estimate of drug-likeness (QED) is 0.675. The minimum absolute atomic E-state index is 0. The number of pyridine rings is 1. The molecule has 2 aromatic rings. The first kappa shape index (κ1) is 20.6. The van der Waals surface area contributed by atoms with Crippen molar-refractivity contribution in [3.8, 4) is 0 Å². The van der Waals surface area contributed by atoms with Gasteiger partial charge in [0.15, 0.2) is 5.69 Å². The molecule has 0 aromatic carbocycles. The number of halogens is 3. The number of anilines is 1. The average Bonchev–Trinajstić information content (AvgIpc) is 3.02. The second-order valence-electron chi connectivity index (χ2n) is 5.08. The molecule has 0 bridgehead atoms. The van der Waals surface area contributed by atoms with Crippen molar-refractivity contribution >= 4 is 52.3 Å². The summed E-state index contributed by atoms with van der Waals surface area (Å²) in [5, 5.41) is 13.7. The summed E-state index contributed by atoms with van der Waals surface area (Å²) in [6.45, 7) is 1.86. The number of nitrogens with one attached hydrogen (secondary N) is 3. The number of hydrogen-bond donors (Lipinski definition) is 3. The van der Waals surface area contributed by atoms with Gasteiger partial charge in [-0.3, -0.25) is 9.59 Å². The molecule has 0 saturated carbocycles. The van der Waals surface area contributed by atoms with Gasteiger partial charge in [-0.25, -0.2) is 4.68 Å². The predicted molar refractivity (Wildman–Crippen MR) is 98.4 cm³/mol. The van der Waals surface area contributed by atoms with E-state index in [1.54, 1.807) is 10.9 Å². The van der Waals surface area contributed by atoms with Crippen LogP contribution in [0.15, 0.2) is 27.7 Å². The molecule has 1 saturated heterocycles. The Morgan fingerprint density at radius 2 is 2.04 bits per heavy atom. The number of aromatic nitrogens is 4. The number of carbonyl (C=O) groups is 1. The van der Waals surface area contributed by atoms with Gasteiger partial charge in [-0.05, 0) is 47.9 Å². The zero-order chi connectivity index (χ0) is 15.5. The van der Waals surface area contributed by atoms with E-state index < -0.39 is 5.91 Å². The molecule has 0 aliphatic carbocycles. The van der Waals surface area contributed by atoms with Crippen LogP contribution in [0.1, 0.15) is 29.4 Å². The molecule has 1 aliphatic rings. The van der Waals surface area contributed by atoms with Crippen molar-refractivity contribution in [2.24, 2.45) is 0 Å². The number of rotatable bonds is 3. The topological polar surface area (TPSA) is 105 Å². The van der Waals surface area contributed by atoms with Crippen LogP contribution in [0.4, 0.5) is 5.69 Å². The Morgan fingerprint density at radius 1 is 1.33 bits per heavy atom. The highest BCUT2D eigenvalue weighted by molar-refractivity contribution is 9.10. The standard InChI is InChI=1S/C13H15BrN6O2.2ClH/c14-8-5-10(12(21)16-6-8)17-13(22)11-7-20(19-18-11)9-1-3-15-4-2-9;;/h5-7,9,15H,1-4H2,(H,16,21)(H,17,22);2*1H. The van der Waals surface area contributed by atoms with Gasteiger partial charge in [0.25, 0.3) is 11.5 Å². The zero-order valence-electron chi connectivity index (χ0n) is 12.5. The van der Waals surface area contributed by atoms with Crippen molar-refractivity contribution < 1.29 is 4.79 Å². The number of carbonyl (C=O) groups excluding carboxylic acids is 1. The predicted octanol–water partition coefficient (Wildman–Crippen LogP) is 1.75. The molecule has 0 spiro atoms. The largest absolute Gasteiger partial charge is 0.326 e. The maximum absolute atomic E-state index is 12.2. The third-order valence-corrected chi connectivity index (χ3v) is 4.00. The minimum Gasteiger partial charge on any atom is -0.326 e. The van der Waals surface area contributed by atoms with Crippen molar-refractivity contribution in [2.75, 3.05) is 18.4 Å². The van der Waals surface area contributed by atoms with E-state index in [0.717, 1.165) is 25.9 Å².